The average Bonchev–Trinajstić information content (AvgIpc) is 3.04. The zero-order valence-corrected chi connectivity index (χ0v) is 14.5. The molecule has 1 N–H and O–H groups in total. The molecule has 4 nitrogen and oxygen atoms in total. The highest BCUT2D eigenvalue weighted by Crippen LogP contribution is 2.30. The highest BCUT2D eigenvalue weighted by molar-refractivity contribution is 7.14. The van der Waals surface area contributed by atoms with E-state index < -0.39 is 0 Å². The van der Waals surface area contributed by atoms with E-state index in [1.807, 2.05) is 53.9 Å². The number of ether oxygens (including phenoxy) is 1. The molecule has 0 unspecified atom stereocenters. The molecule has 0 saturated carbocycles. The highest BCUT2D eigenvalue weighted by Gasteiger charge is 2.12. The quantitative estimate of drug-likeness (QED) is 0.722. The first-order chi connectivity index (χ1) is 11.7. The van der Waals surface area contributed by atoms with E-state index in [1.165, 1.54) is 11.3 Å². The molecule has 0 spiro atoms. The van der Waals surface area contributed by atoms with Gasteiger partial charge in [-0.05, 0) is 12.1 Å². The fraction of sp³-hybridized carbons (Fsp3) is 0.111. The van der Waals surface area contributed by atoms with Gasteiger partial charge in [0.25, 0.3) is 0 Å². The van der Waals surface area contributed by atoms with Crippen LogP contribution in [0.5, 0.6) is 5.75 Å². The van der Waals surface area contributed by atoms with E-state index in [2.05, 4.69) is 10.3 Å². The molecule has 0 aliphatic rings. The molecule has 0 bridgehead atoms. The Morgan fingerprint density at radius 2 is 1.96 bits per heavy atom. The smallest absolute Gasteiger partial charge is 0.230 e. The van der Waals surface area contributed by atoms with E-state index in [-0.39, 0.29) is 12.3 Å². The van der Waals surface area contributed by atoms with Gasteiger partial charge in [0.1, 0.15) is 5.75 Å². The standard InChI is InChI=1S/C18H15ClN2O2S/c1-23-16-9-5-2-6-12(16)10-17(22)21-18-20-15(11-24-18)13-7-3-4-8-14(13)19/h2-9,11H,10H2,1H3,(H,20,21,22). The van der Waals surface area contributed by atoms with Gasteiger partial charge in [0.15, 0.2) is 5.13 Å². The molecule has 0 saturated heterocycles. The average molecular weight is 359 g/mol. The predicted octanol–water partition coefficient (Wildman–Crippen LogP) is 4.65. The number of aromatic nitrogens is 1. The second kappa shape index (κ2) is 7.47. The van der Waals surface area contributed by atoms with Crippen molar-refractivity contribution in [3.8, 4) is 17.0 Å². The fourth-order valence-electron chi connectivity index (χ4n) is 2.31. The molecule has 1 heterocycles. The lowest BCUT2D eigenvalue weighted by molar-refractivity contribution is -0.115. The van der Waals surface area contributed by atoms with Gasteiger partial charge < -0.3 is 10.1 Å². The number of carbonyl (C=O) groups is 1. The summed E-state index contributed by atoms with van der Waals surface area (Å²) >= 11 is 7.55. The number of halogens is 1. The number of nitrogens with one attached hydrogen (secondary N) is 1. The number of hydrogen-bond acceptors (Lipinski definition) is 4. The number of nitrogens with zero attached hydrogens (tertiary/aromatic N) is 1. The van der Waals surface area contributed by atoms with Gasteiger partial charge in [0.2, 0.25) is 5.91 Å². The van der Waals surface area contributed by atoms with Crippen LogP contribution in [0.2, 0.25) is 5.02 Å². The molecule has 122 valence electrons. The first-order valence-corrected chi connectivity index (χ1v) is 8.55. The molecule has 0 fully saturated rings. The number of benzene rings is 2. The number of thiazole rings is 1. The van der Waals surface area contributed by atoms with E-state index in [4.69, 9.17) is 16.3 Å². The second-order valence-electron chi connectivity index (χ2n) is 5.05. The van der Waals surface area contributed by atoms with Crippen molar-refractivity contribution in [1.29, 1.82) is 0 Å². The SMILES string of the molecule is COc1ccccc1CC(=O)Nc1nc(-c2ccccc2Cl)cs1. The van der Waals surface area contributed by atoms with Gasteiger partial charge in [-0.25, -0.2) is 4.98 Å². The number of hydrogen-bond donors (Lipinski definition) is 1. The summed E-state index contributed by atoms with van der Waals surface area (Å²) in [4.78, 5) is 16.7. The van der Waals surface area contributed by atoms with Crippen molar-refractivity contribution in [2.45, 2.75) is 6.42 Å². The normalized spacial score (nSPS) is 10.4. The molecule has 6 heteroatoms. The van der Waals surface area contributed by atoms with E-state index in [0.717, 1.165) is 16.8 Å². The van der Waals surface area contributed by atoms with Crippen LogP contribution in [0.15, 0.2) is 53.9 Å². The fourth-order valence-corrected chi connectivity index (χ4v) is 3.27. The number of rotatable bonds is 5. The molecular weight excluding hydrogens is 344 g/mol. The van der Waals surface area contributed by atoms with Gasteiger partial charge in [-0.3, -0.25) is 4.79 Å². The number of amides is 1. The maximum absolute atomic E-state index is 12.2. The van der Waals surface area contributed by atoms with Gasteiger partial charge in [0.05, 0.1) is 19.2 Å². The van der Waals surface area contributed by atoms with Gasteiger partial charge >= 0.3 is 0 Å². The number of methoxy groups -OCH3 is 1. The lowest BCUT2D eigenvalue weighted by atomic mass is 10.1. The van der Waals surface area contributed by atoms with Crippen LogP contribution >= 0.6 is 22.9 Å². The number of para-hydroxylation sites is 1. The van der Waals surface area contributed by atoms with Crippen LogP contribution in [0.4, 0.5) is 5.13 Å². The molecule has 2 aromatic carbocycles. The van der Waals surface area contributed by atoms with Crippen molar-refractivity contribution in [2.24, 2.45) is 0 Å². The van der Waals surface area contributed by atoms with E-state index >= 15 is 0 Å². The van der Waals surface area contributed by atoms with Crippen LogP contribution < -0.4 is 10.1 Å². The van der Waals surface area contributed by atoms with Gasteiger partial charge in [-0.1, -0.05) is 48.0 Å². The summed E-state index contributed by atoms with van der Waals surface area (Å²) in [6.45, 7) is 0. The summed E-state index contributed by atoms with van der Waals surface area (Å²) < 4.78 is 5.26. The van der Waals surface area contributed by atoms with Crippen molar-refractivity contribution in [1.82, 2.24) is 4.98 Å². The van der Waals surface area contributed by atoms with Crippen LogP contribution in [0.1, 0.15) is 5.56 Å². The predicted molar refractivity (Wildman–Crippen MR) is 97.9 cm³/mol. The lowest BCUT2D eigenvalue weighted by Gasteiger charge is -2.07. The molecule has 0 aliphatic carbocycles. The Kier molecular flexibility index (Phi) is 5.13. The van der Waals surface area contributed by atoms with Crippen LogP contribution in [0, 0.1) is 0 Å². The minimum absolute atomic E-state index is 0.139. The first-order valence-electron chi connectivity index (χ1n) is 7.29. The van der Waals surface area contributed by atoms with Gasteiger partial charge in [-0.2, -0.15) is 0 Å². The Hall–Kier alpha value is -2.37. The molecule has 1 amide bonds. The Labute approximate surface area is 149 Å². The molecule has 3 aromatic rings. The maximum atomic E-state index is 12.2. The summed E-state index contributed by atoms with van der Waals surface area (Å²) in [5, 5.41) is 5.88. The summed E-state index contributed by atoms with van der Waals surface area (Å²) in [6.07, 6.45) is 0.227. The minimum atomic E-state index is -0.139. The molecule has 0 radical (unpaired) electrons. The zero-order valence-electron chi connectivity index (χ0n) is 13.0. The third kappa shape index (κ3) is 3.75. The van der Waals surface area contributed by atoms with Crippen molar-refractivity contribution < 1.29 is 9.53 Å². The van der Waals surface area contributed by atoms with E-state index in [0.29, 0.717) is 15.9 Å². The molecule has 0 aliphatic heterocycles. The van der Waals surface area contributed by atoms with Crippen molar-refractivity contribution in [2.75, 3.05) is 12.4 Å². The van der Waals surface area contributed by atoms with Crippen LogP contribution in [-0.2, 0) is 11.2 Å². The summed E-state index contributed by atoms with van der Waals surface area (Å²) in [5.41, 5.74) is 2.43. The highest BCUT2D eigenvalue weighted by atomic mass is 35.5. The monoisotopic (exact) mass is 358 g/mol. The molecule has 24 heavy (non-hydrogen) atoms. The van der Waals surface area contributed by atoms with E-state index in [1.54, 1.807) is 7.11 Å². The van der Waals surface area contributed by atoms with Crippen LogP contribution in [0.3, 0.4) is 0 Å². The third-order valence-corrected chi connectivity index (χ3v) is 4.53. The van der Waals surface area contributed by atoms with Crippen molar-refractivity contribution >= 4 is 34.0 Å². The third-order valence-electron chi connectivity index (χ3n) is 3.44. The largest absolute Gasteiger partial charge is 0.496 e. The van der Waals surface area contributed by atoms with Gasteiger partial charge in [-0.15, -0.1) is 11.3 Å². The maximum Gasteiger partial charge on any atom is 0.230 e. The topological polar surface area (TPSA) is 51.2 Å². The summed E-state index contributed by atoms with van der Waals surface area (Å²) in [5.74, 6) is 0.558. The minimum Gasteiger partial charge on any atom is -0.496 e. The first kappa shape index (κ1) is 16.5. The summed E-state index contributed by atoms with van der Waals surface area (Å²) in [7, 11) is 1.59. The summed E-state index contributed by atoms with van der Waals surface area (Å²) in [6, 6.07) is 14.9. The molecule has 0 atom stereocenters. The molecule has 3 rings (SSSR count). The zero-order chi connectivity index (χ0) is 16.9. The van der Waals surface area contributed by atoms with Gasteiger partial charge in [0, 0.05) is 21.5 Å². The van der Waals surface area contributed by atoms with Crippen molar-refractivity contribution in [3.63, 3.8) is 0 Å². The Bertz CT molecular complexity index is 863. The van der Waals surface area contributed by atoms with Crippen molar-refractivity contribution in [3.05, 3.63) is 64.5 Å². The Morgan fingerprint density at radius 1 is 1.21 bits per heavy atom. The molecular formula is C18H15ClN2O2S. The Morgan fingerprint density at radius 3 is 2.75 bits per heavy atom. The lowest BCUT2D eigenvalue weighted by Crippen LogP contribution is -2.14. The Balaban J connectivity index is 1.71. The van der Waals surface area contributed by atoms with Crippen LogP contribution in [-0.4, -0.2) is 18.0 Å². The molecule has 1 aromatic heterocycles. The van der Waals surface area contributed by atoms with E-state index in [9.17, 15) is 4.79 Å². The number of anilines is 1. The van der Waals surface area contributed by atoms with Crippen LogP contribution in [0.25, 0.3) is 11.3 Å². The number of carbonyl (C=O) groups excluding carboxylic acids is 1. The second-order valence-corrected chi connectivity index (χ2v) is 6.32.